The van der Waals surface area contributed by atoms with E-state index in [1.807, 2.05) is 6.92 Å². The third-order valence-corrected chi connectivity index (χ3v) is 2.36. The zero-order valence-corrected chi connectivity index (χ0v) is 8.05. The van der Waals surface area contributed by atoms with Crippen LogP contribution in [-0.2, 0) is 6.54 Å². The molecule has 0 fully saturated rings. The smallest absolute Gasteiger partial charge is 0.107 e. The molecule has 2 heteroatoms. The van der Waals surface area contributed by atoms with Crippen molar-refractivity contribution in [2.24, 2.45) is 5.73 Å². The molecule has 2 N–H and O–H groups in total. The fourth-order valence-electron chi connectivity index (χ4n) is 1.19. The summed E-state index contributed by atoms with van der Waals surface area (Å²) in [6, 6.07) is 2.07. The van der Waals surface area contributed by atoms with Gasteiger partial charge in [-0.25, -0.2) is 0 Å². The van der Waals surface area contributed by atoms with Crippen molar-refractivity contribution in [2.75, 3.05) is 0 Å². The third-order valence-electron chi connectivity index (χ3n) is 2.36. The Morgan fingerprint density at radius 2 is 2.25 bits per heavy atom. The molecule has 0 bridgehead atoms. The molecule has 0 aliphatic rings. The molecule has 1 rings (SSSR count). The monoisotopic (exact) mass is 167 g/mol. The standard InChI is InChI=1S/C10H17NO/c1-4-7(2)10-5-9(6-11)8(3)12-10/h5,7H,4,6,11H2,1-3H3. The van der Waals surface area contributed by atoms with Gasteiger partial charge in [-0.2, -0.15) is 0 Å². The number of furan rings is 1. The van der Waals surface area contributed by atoms with Gasteiger partial charge in [-0.3, -0.25) is 0 Å². The molecule has 68 valence electrons. The minimum absolute atomic E-state index is 0.504. The van der Waals surface area contributed by atoms with Crippen LogP contribution in [0, 0.1) is 6.92 Å². The van der Waals surface area contributed by atoms with Gasteiger partial charge in [0, 0.05) is 18.0 Å². The minimum atomic E-state index is 0.504. The number of aryl methyl sites for hydroxylation is 1. The Kier molecular flexibility index (Phi) is 2.93. The van der Waals surface area contributed by atoms with Crippen molar-refractivity contribution in [3.05, 3.63) is 23.2 Å². The molecular formula is C10H17NO. The first-order valence-electron chi connectivity index (χ1n) is 4.48. The summed E-state index contributed by atoms with van der Waals surface area (Å²) in [5, 5.41) is 0. The molecule has 1 atom stereocenters. The van der Waals surface area contributed by atoms with Crippen LogP contribution in [0.15, 0.2) is 10.5 Å². The largest absolute Gasteiger partial charge is 0.466 e. The molecular weight excluding hydrogens is 150 g/mol. The summed E-state index contributed by atoms with van der Waals surface area (Å²) in [6.45, 7) is 6.86. The zero-order chi connectivity index (χ0) is 9.14. The van der Waals surface area contributed by atoms with Crippen LogP contribution in [0.2, 0.25) is 0 Å². The second-order valence-electron chi connectivity index (χ2n) is 3.24. The van der Waals surface area contributed by atoms with Gasteiger partial charge in [0.15, 0.2) is 0 Å². The van der Waals surface area contributed by atoms with Gasteiger partial charge < -0.3 is 10.2 Å². The van der Waals surface area contributed by atoms with E-state index in [-0.39, 0.29) is 0 Å². The van der Waals surface area contributed by atoms with Gasteiger partial charge in [-0.1, -0.05) is 13.8 Å². The topological polar surface area (TPSA) is 39.2 Å². The van der Waals surface area contributed by atoms with Gasteiger partial charge in [0.2, 0.25) is 0 Å². The molecule has 0 aliphatic carbocycles. The summed E-state index contributed by atoms with van der Waals surface area (Å²) in [6.07, 6.45) is 1.11. The van der Waals surface area contributed by atoms with Gasteiger partial charge in [0.05, 0.1) is 0 Å². The predicted octanol–water partition coefficient (Wildman–Crippen LogP) is 2.56. The first kappa shape index (κ1) is 9.33. The summed E-state index contributed by atoms with van der Waals surface area (Å²) in [7, 11) is 0. The second kappa shape index (κ2) is 3.76. The van der Waals surface area contributed by atoms with Gasteiger partial charge in [-0.15, -0.1) is 0 Å². The lowest BCUT2D eigenvalue weighted by atomic mass is 10.1. The van der Waals surface area contributed by atoms with Crippen molar-refractivity contribution < 1.29 is 4.42 Å². The van der Waals surface area contributed by atoms with E-state index in [0.717, 1.165) is 23.5 Å². The summed E-state index contributed by atoms with van der Waals surface area (Å²) >= 11 is 0. The number of hydrogen-bond acceptors (Lipinski definition) is 2. The minimum Gasteiger partial charge on any atom is -0.466 e. The molecule has 2 nitrogen and oxygen atoms in total. The van der Waals surface area contributed by atoms with Gasteiger partial charge in [-0.05, 0) is 19.4 Å². The van der Waals surface area contributed by atoms with Gasteiger partial charge in [0.1, 0.15) is 11.5 Å². The molecule has 0 spiro atoms. The number of nitrogens with two attached hydrogens (primary N) is 1. The molecule has 1 heterocycles. The normalized spacial score (nSPS) is 13.3. The van der Waals surface area contributed by atoms with Crippen molar-refractivity contribution in [1.29, 1.82) is 0 Å². The van der Waals surface area contributed by atoms with E-state index in [1.54, 1.807) is 0 Å². The first-order chi connectivity index (χ1) is 5.69. The summed E-state index contributed by atoms with van der Waals surface area (Å²) < 4.78 is 5.58. The third kappa shape index (κ3) is 1.69. The molecule has 12 heavy (non-hydrogen) atoms. The molecule has 0 aliphatic heterocycles. The lowest BCUT2D eigenvalue weighted by Gasteiger charge is -2.01. The average molecular weight is 167 g/mol. The number of hydrogen-bond donors (Lipinski definition) is 1. The van der Waals surface area contributed by atoms with Crippen LogP contribution in [0.5, 0.6) is 0 Å². The van der Waals surface area contributed by atoms with E-state index >= 15 is 0 Å². The molecule has 1 aromatic rings. The average Bonchev–Trinajstić information content (AvgIpc) is 2.45. The Balaban J connectivity index is 2.88. The first-order valence-corrected chi connectivity index (χ1v) is 4.48. The van der Waals surface area contributed by atoms with Crippen LogP contribution in [0.25, 0.3) is 0 Å². The van der Waals surface area contributed by atoms with Crippen molar-refractivity contribution in [3.63, 3.8) is 0 Å². The fourth-order valence-corrected chi connectivity index (χ4v) is 1.19. The van der Waals surface area contributed by atoms with Crippen molar-refractivity contribution in [1.82, 2.24) is 0 Å². The van der Waals surface area contributed by atoms with Gasteiger partial charge in [0.25, 0.3) is 0 Å². The maximum Gasteiger partial charge on any atom is 0.107 e. The van der Waals surface area contributed by atoms with Crippen molar-refractivity contribution in [3.8, 4) is 0 Å². The molecule has 0 radical (unpaired) electrons. The maximum atomic E-state index is 5.58. The zero-order valence-electron chi connectivity index (χ0n) is 8.05. The highest BCUT2D eigenvalue weighted by molar-refractivity contribution is 5.22. The van der Waals surface area contributed by atoms with Crippen LogP contribution in [0.3, 0.4) is 0 Å². The summed E-state index contributed by atoms with van der Waals surface area (Å²) in [4.78, 5) is 0. The van der Waals surface area contributed by atoms with E-state index in [1.165, 1.54) is 0 Å². The molecule has 1 unspecified atom stereocenters. The van der Waals surface area contributed by atoms with Crippen molar-refractivity contribution >= 4 is 0 Å². The predicted molar refractivity (Wildman–Crippen MR) is 50.0 cm³/mol. The Hall–Kier alpha value is -0.760. The maximum absolute atomic E-state index is 5.58. The van der Waals surface area contributed by atoms with Gasteiger partial charge >= 0.3 is 0 Å². The Labute approximate surface area is 73.8 Å². The quantitative estimate of drug-likeness (QED) is 0.751. The van der Waals surface area contributed by atoms with Crippen molar-refractivity contribution in [2.45, 2.75) is 39.7 Å². The van der Waals surface area contributed by atoms with Crippen LogP contribution in [-0.4, -0.2) is 0 Å². The number of rotatable bonds is 3. The highest BCUT2D eigenvalue weighted by atomic mass is 16.3. The summed E-state index contributed by atoms with van der Waals surface area (Å²) in [5.74, 6) is 2.53. The van der Waals surface area contributed by atoms with Crippen LogP contribution in [0.1, 0.15) is 43.3 Å². The highest BCUT2D eigenvalue weighted by Crippen LogP contribution is 2.23. The fraction of sp³-hybridized carbons (Fsp3) is 0.600. The lowest BCUT2D eigenvalue weighted by Crippen LogP contribution is -1.95. The summed E-state index contributed by atoms with van der Waals surface area (Å²) in [5.41, 5.74) is 6.68. The molecule has 0 aromatic carbocycles. The second-order valence-corrected chi connectivity index (χ2v) is 3.24. The van der Waals surface area contributed by atoms with E-state index in [0.29, 0.717) is 12.5 Å². The van der Waals surface area contributed by atoms with Crippen LogP contribution in [0.4, 0.5) is 0 Å². The van der Waals surface area contributed by atoms with E-state index in [9.17, 15) is 0 Å². The SMILES string of the molecule is CCC(C)c1cc(CN)c(C)o1. The Bertz CT molecular complexity index is 252. The Morgan fingerprint density at radius 3 is 2.67 bits per heavy atom. The molecule has 0 amide bonds. The van der Waals surface area contributed by atoms with E-state index < -0.39 is 0 Å². The van der Waals surface area contributed by atoms with Crippen LogP contribution < -0.4 is 5.73 Å². The van der Waals surface area contributed by atoms with E-state index in [4.69, 9.17) is 10.2 Å². The van der Waals surface area contributed by atoms with Crippen LogP contribution >= 0.6 is 0 Å². The molecule has 1 aromatic heterocycles. The highest BCUT2D eigenvalue weighted by Gasteiger charge is 2.10. The van der Waals surface area contributed by atoms with E-state index in [2.05, 4.69) is 19.9 Å². The molecule has 0 saturated carbocycles. The molecule has 0 saturated heterocycles. The lowest BCUT2D eigenvalue weighted by molar-refractivity contribution is 0.447. The Morgan fingerprint density at radius 1 is 1.58 bits per heavy atom.